The Balaban J connectivity index is 3.04. The Labute approximate surface area is 90.0 Å². The maximum absolute atomic E-state index is 8.85. The van der Waals surface area contributed by atoms with Gasteiger partial charge in [-0.15, -0.1) is 13.2 Å². The molecule has 1 aromatic carbocycles. The quantitative estimate of drug-likeness (QED) is 0.539. The minimum absolute atomic E-state index is 0.557. The molecular formula is C12H14N3+. The Morgan fingerprint density at radius 3 is 2.33 bits per heavy atom. The van der Waals surface area contributed by atoms with Crippen LogP contribution in [0.5, 0.6) is 0 Å². The molecule has 0 aliphatic heterocycles. The van der Waals surface area contributed by atoms with Gasteiger partial charge in [-0.2, -0.15) is 0 Å². The summed E-state index contributed by atoms with van der Waals surface area (Å²) < 4.78 is 0. The van der Waals surface area contributed by atoms with Crippen molar-refractivity contribution < 1.29 is 0 Å². The molecule has 0 heterocycles. The van der Waals surface area contributed by atoms with Crippen molar-refractivity contribution in [2.45, 2.75) is 0 Å². The van der Waals surface area contributed by atoms with Gasteiger partial charge in [0, 0.05) is 19.2 Å². The van der Waals surface area contributed by atoms with Gasteiger partial charge in [0.2, 0.25) is 5.39 Å². The van der Waals surface area contributed by atoms with E-state index in [0.717, 1.165) is 5.69 Å². The Bertz CT molecular complexity index is 380. The molecular weight excluding hydrogens is 186 g/mol. The zero-order valence-electron chi connectivity index (χ0n) is 8.63. The lowest BCUT2D eigenvalue weighted by Gasteiger charge is -2.19. The van der Waals surface area contributed by atoms with E-state index in [1.54, 1.807) is 18.2 Å². The summed E-state index contributed by atoms with van der Waals surface area (Å²) in [5, 5.41) is 8.85. The van der Waals surface area contributed by atoms with E-state index in [1.165, 1.54) is 0 Å². The highest BCUT2D eigenvalue weighted by molar-refractivity contribution is 5.70. The van der Waals surface area contributed by atoms with E-state index in [4.69, 9.17) is 5.39 Å². The summed E-state index contributed by atoms with van der Waals surface area (Å²) in [6.07, 6.45) is 3.61. The third kappa shape index (κ3) is 2.68. The van der Waals surface area contributed by atoms with Crippen molar-refractivity contribution in [2.75, 3.05) is 18.0 Å². The third-order valence-corrected chi connectivity index (χ3v) is 2.03. The van der Waals surface area contributed by atoms with Gasteiger partial charge in [0.25, 0.3) is 0 Å². The predicted octanol–water partition coefficient (Wildman–Crippen LogP) is 3.35. The maximum Gasteiger partial charge on any atom is 0.408 e. The average molecular weight is 200 g/mol. The Morgan fingerprint density at radius 1 is 1.20 bits per heavy atom. The van der Waals surface area contributed by atoms with Crippen LogP contribution in [0.25, 0.3) is 4.98 Å². The van der Waals surface area contributed by atoms with Crippen molar-refractivity contribution in [3.63, 3.8) is 0 Å². The number of benzene rings is 1. The van der Waals surface area contributed by atoms with Crippen molar-refractivity contribution >= 4 is 11.4 Å². The van der Waals surface area contributed by atoms with Crippen LogP contribution in [-0.2, 0) is 0 Å². The zero-order chi connectivity index (χ0) is 11.1. The number of nitrogens with zero attached hydrogens (tertiary/aromatic N) is 3. The maximum atomic E-state index is 8.85. The summed E-state index contributed by atoms with van der Waals surface area (Å²) >= 11 is 0. The summed E-state index contributed by atoms with van der Waals surface area (Å²) in [7, 11) is 0. The van der Waals surface area contributed by atoms with Crippen LogP contribution in [0.15, 0.2) is 49.6 Å². The Kier molecular flexibility index (Phi) is 4.11. The zero-order valence-corrected chi connectivity index (χ0v) is 8.63. The number of hydrogen-bond acceptors (Lipinski definition) is 2. The van der Waals surface area contributed by atoms with Crippen molar-refractivity contribution in [1.82, 2.24) is 0 Å². The normalized spacial score (nSPS) is 9.00. The number of para-hydroxylation sites is 1. The van der Waals surface area contributed by atoms with Gasteiger partial charge in [-0.3, -0.25) is 0 Å². The molecule has 3 heteroatoms. The van der Waals surface area contributed by atoms with Crippen molar-refractivity contribution in [2.24, 2.45) is 0 Å². The Morgan fingerprint density at radius 2 is 1.80 bits per heavy atom. The number of hydrogen-bond donors (Lipinski definition) is 0. The lowest BCUT2D eigenvalue weighted by atomic mass is 10.2. The van der Waals surface area contributed by atoms with Crippen LogP contribution in [-0.4, -0.2) is 13.1 Å². The van der Waals surface area contributed by atoms with E-state index in [-0.39, 0.29) is 0 Å². The van der Waals surface area contributed by atoms with Crippen LogP contribution in [0.2, 0.25) is 0 Å². The third-order valence-electron chi connectivity index (χ3n) is 2.03. The number of diazo groups is 1. The summed E-state index contributed by atoms with van der Waals surface area (Å²) in [6, 6.07) is 7.40. The molecule has 3 nitrogen and oxygen atoms in total. The van der Waals surface area contributed by atoms with E-state index in [0.29, 0.717) is 18.8 Å². The minimum atomic E-state index is 0.557. The molecule has 0 aliphatic rings. The van der Waals surface area contributed by atoms with Gasteiger partial charge >= 0.3 is 5.69 Å². The van der Waals surface area contributed by atoms with Gasteiger partial charge < -0.3 is 4.90 Å². The summed E-state index contributed by atoms with van der Waals surface area (Å²) in [4.78, 5) is 5.27. The van der Waals surface area contributed by atoms with Gasteiger partial charge in [-0.05, 0) is 6.07 Å². The molecule has 0 aliphatic carbocycles. The van der Waals surface area contributed by atoms with Crippen molar-refractivity contribution in [3.8, 4) is 0 Å². The number of anilines is 1. The van der Waals surface area contributed by atoms with Crippen LogP contribution < -0.4 is 4.90 Å². The van der Waals surface area contributed by atoms with E-state index in [1.807, 2.05) is 23.1 Å². The van der Waals surface area contributed by atoms with Gasteiger partial charge in [0.1, 0.15) is 5.69 Å². The van der Waals surface area contributed by atoms with Crippen LogP contribution >= 0.6 is 0 Å². The lowest BCUT2D eigenvalue weighted by Crippen LogP contribution is -2.22. The Hall–Kier alpha value is -2.08. The van der Waals surface area contributed by atoms with Crippen LogP contribution in [0, 0.1) is 5.39 Å². The van der Waals surface area contributed by atoms with Gasteiger partial charge in [0.15, 0.2) is 4.98 Å². The van der Waals surface area contributed by atoms with Crippen LogP contribution in [0.1, 0.15) is 0 Å². The van der Waals surface area contributed by atoms with E-state index < -0.39 is 0 Å². The fourth-order valence-corrected chi connectivity index (χ4v) is 1.40. The van der Waals surface area contributed by atoms with Crippen LogP contribution in [0.4, 0.5) is 11.4 Å². The molecule has 0 radical (unpaired) electrons. The molecule has 0 aromatic heterocycles. The second kappa shape index (κ2) is 5.61. The van der Waals surface area contributed by atoms with Crippen molar-refractivity contribution in [1.29, 1.82) is 5.39 Å². The molecule has 0 saturated carbocycles. The fraction of sp³-hybridized carbons (Fsp3) is 0.167. The largest absolute Gasteiger partial charge is 0.408 e. The molecule has 0 saturated heterocycles. The molecule has 0 atom stereocenters. The molecule has 1 rings (SSSR count). The molecule has 0 spiro atoms. The second-order valence-corrected chi connectivity index (χ2v) is 3.07. The predicted molar refractivity (Wildman–Crippen MR) is 63.8 cm³/mol. The monoisotopic (exact) mass is 200 g/mol. The molecule has 76 valence electrons. The highest BCUT2D eigenvalue weighted by Gasteiger charge is 2.16. The first-order chi connectivity index (χ1) is 7.33. The molecule has 0 amide bonds. The topological polar surface area (TPSA) is 31.4 Å². The summed E-state index contributed by atoms with van der Waals surface area (Å²) in [5.74, 6) is 0. The summed E-state index contributed by atoms with van der Waals surface area (Å²) in [6.45, 7) is 8.78. The highest BCUT2D eigenvalue weighted by atomic mass is 15.1. The molecule has 15 heavy (non-hydrogen) atoms. The van der Waals surface area contributed by atoms with Crippen molar-refractivity contribution in [3.05, 3.63) is 54.6 Å². The first-order valence-electron chi connectivity index (χ1n) is 4.74. The molecule has 0 unspecified atom stereocenters. The first kappa shape index (κ1) is 11.0. The molecule has 1 aromatic rings. The number of rotatable bonds is 5. The lowest BCUT2D eigenvalue weighted by molar-refractivity contribution is 0.959. The van der Waals surface area contributed by atoms with E-state index in [2.05, 4.69) is 18.1 Å². The van der Waals surface area contributed by atoms with E-state index >= 15 is 0 Å². The van der Waals surface area contributed by atoms with Gasteiger partial charge in [0.05, 0.1) is 0 Å². The minimum Gasteiger partial charge on any atom is -0.358 e. The smallest absolute Gasteiger partial charge is 0.358 e. The van der Waals surface area contributed by atoms with E-state index in [9.17, 15) is 0 Å². The first-order valence-corrected chi connectivity index (χ1v) is 4.74. The highest BCUT2D eigenvalue weighted by Crippen LogP contribution is 2.27. The average Bonchev–Trinajstić information content (AvgIpc) is 2.29. The molecule has 0 N–H and O–H groups in total. The SMILES string of the molecule is C=CCN(CC=C)c1ccccc1[N+]#N. The van der Waals surface area contributed by atoms with Crippen LogP contribution in [0.3, 0.4) is 0 Å². The molecule has 0 fully saturated rings. The molecule has 0 bridgehead atoms. The summed E-state index contributed by atoms with van der Waals surface area (Å²) in [5.41, 5.74) is 1.43. The van der Waals surface area contributed by atoms with Gasteiger partial charge in [-0.1, -0.05) is 24.3 Å². The standard InChI is InChI=1S/C12H14N3/c1-3-9-15(10-4-2)12-8-6-5-7-11(12)14-13/h3-8H,1-2,9-10H2/q+1. The fourth-order valence-electron chi connectivity index (χ4n) is 1.40. The second-order valence-electron chi connectivity index (χ2n) is 3.07. The van der Waals surface area contributed by atoms with Gasteiger partial charge in [-0.25, -0.2) is 0 Å².